The zero-order valence-electron chi connectivity index (χ0n) is 23.1. The van der Waals surface area contributed by atoms with E-state index in [-0.39, 0.29) is 5.78 Å². The van der Waals surface area contributed by atoms with Crippen LogP contribution in [0, 0.1) is 0 Å². The van der Waals surface area contributed by atoms with Crippen LogP contribution in [0.1, 0.15) is 21.5 Å². The summed E-state index contributed by atoms with van der Waals surface area (Å²) in [7, 11) is 10.9. The molecule has 0 unspecified atom stereocenters. The van der Waals surface area contributed by atoms with Crippen molar-refractivity contribution in [3.63, 3.8) is 0 Å². The minimum absolute atomic E-state index is 0.210. The van der Waals surface area contributed by atoms with Crippen molar-refractivity contribution in [3.05, 3.63) is 71.4 Å². The number of rotatable bonds is 13. The molecule has 0 fully saturated rings. The van der Waals surface area contributed by atoms with Crippen molar-refractivity contribution in [1.82, 2.24) is 0 Å². The number of allylic oxidation sites excluding steroid dienone is 1. The third-order valence-corrected chi connectivity index (χ3v) is 5.84. The smallest absolute Gasteiger partial charge is 0.203 e. The number of ketones is 1. The van der Waals surface area contributed by atoms with Gasteiger partial charge in [0.05, 0.1) is 49.8 Å². The molecule has 0 aliphatic carbocycles. The zero-order valence-corrected chi connectivity index (χ0v) is 23.1. The van der Waals surface area contributed by atoms with Gasteiger partial charge in [-0.1, -0.05) is 12.2 Å². The monoisotopic (exact) mass is 535 g/mol. The predicted octanol–water partition coefficient (Wildman–Crippen LogP) is 5.73. The molecule has 0 aromatic heterocycles. The third-order valence-electron chi connectivity index (χ3n) is 5.84. The second kappa shape index (κ2) is 13.7. The van der Waals surface area contributed by atoms with Crippen LogP contribution in [-0.2, 0) is 0 Å². The largest absolute Gasteiger partial charge is 0.493 e. The maximum absolute atomic E-state index is 12.8. The van der Waals surface area contributed by atoms with Gasteiger partial charge in [-0.25, -0.2) is 0 Å². The second-order valence-corrected chi connectivity index (χ2v) is 8.00. The molecule has 1 N–H and O–H groups in total. The van der Waals surface area contributed by atoms with Crippen molar-refractivity contribution in [3.8, 4) is 40.2 Å². The lowest BCUT2D eigenvalue weighted by Gasteiger charge is -2.14. The molecule has 0 saturated heterocycles. The highest BCUT2D eigenvalue weighted by Crippen LogP contribution is 2.39. The average Bonchev–Trinajstić information content (AvgIpc) is 2.98. The summed E-state index contributed by atoms with van der Waals surface area (Å²) < 4.78 is 37.8. The highest BCUT2D eigenvalue weighted by Gasteiger charge is 2.13. The highest BCUT2D eigenvalue weighted by molar-refractivity contribution is 6.05. The number of anilines is 1. The molecule has 0 spiro atoms. The Bertz CT molecular complexity index is 1340. The summed E-state index contributed by atoms with van der Waals surface area (Å²) in [6, 6.07) is 12.3. The maximum Gasteiger partial charge on any atom is 0.203 e. The van der Waals surface area contributed by atoms with Gasteiger partial charge in [-0.2, -0.15) is 0 Å². The number of ether oxygens (including phenoxy) is 7. The molecule has 9 heteroatoms. The number of nitrogens with one attached hydrogen (secondary N) is 1. The Kier molecular flexibility index (Phi) is 10.1. The highest BCUT2D eigenvalue weighted by atomic mass is 16.5. The van der Waals surface area contributed by atoms with Gasteiger partial charge in [0.15, 0.2) is 40.3 Å². The summed E-state index contributed by atoms with van der Waals surface area (Å²) in [6.45, 7) is 0. The van der Waals surface area contributed by atoms with E-state index in [9.17, 15) is 4.79 Å². The lowest BCUT2D eigenvalue weighted by atomic mass is 10.1. The van der Waals surface area contributed by atoms with Gasteiger partial charge >= 0.3 is 0 Å². The van der Waals surface area contributed by atoms with E-state index in [0.29, 0.717) is 51.5 Å². The number of hydrogen-bond donors (Lipinski definition) is 1. The first kappa shape index (κ1) is 28.8. The van der Waals surface area contributed by atoms with E-state index in [1.807, 2.05) is 30.4 Å². The molecule has 9 nitrogen and oxygen atoms in total. The van der Waals surface area contributed by atoms with E-state index in [2.05, 4.69) is 5.32 Å². The quantitative estimate of drug-likeness (QED) is 0.167. The number of methoxy groups -OCH3 is 7. The first-order valence-corrected chi connectivity index (χ1v) is 11.9. The minimum Gasteiger partial charge on any atom is -0.493 e. The summed E-state index contributed by atoms with van der Waals surface area (Å²) in [4.78, 5) is 12.8. The van der Waals surface area contributed by atoms with Crippen molar-refractivity contribution >= 4 is 23.6 Å². The van der Waals surface area contributed by atoms with Crippen LogP contribution in [0.4, 0.5) is 5.69 Å². The van der Waals surface area contributed by atoms with Crippen LogP contribution >= 0.6 is 0 Å². The van der Waals surface area contributed by atoms with Crippen molar-refractivity contribution in [2.45, 2.75) is 0 Å². The predicted molar refractivity (Wildman–Crippen MR) is 151 cm³/mol. The van der Waals surface area contributed by atoms with Gasteiger partial charge < -0.3 is 38.5 Å². The van der Waals surface area contributed by atoms with Crippen molar-refractivity contribution < 1.29 is 38.0 Å². The molecule has 3 rings (SSSR count). The molecule has 3 aromatic rings. The third kappa shape index (κ3) is 6.75. The van der Waals surface area contributed by atoms with Crippen LogP contribution in [0.25, 0.3) is 12.2 Å². The Hall–Kier alpha value is -4.79. The molecule has 206 valence electrons. The summed E-state index contributed by atoms with van der Waals surface area (Å²) in [5.74, 6) is 3.49. The van der Waals surface area contributed by atoms with Gasteiger partial charge in [0.25, 0.3) is 0 Å². The van der Waals surface area contributed by atoms with Gasteiger partial charge in [-0.3, -0.25) is 4.79 Å². The Morgan fingerprint density at radius 3 is 1.74 bits per heavy atom. The fraction of sp³-hybridized carbons (Fsp3) is 0.233. The molecule has 0 amide bonds. The average molecular weight is 536 g/mol. The maximum atomic E-state index is 12.8. The Morgan fingerprint density at radius 1 is 0.615 bits per heavy atom. The summed E-state index contributed by atoms with van der Waals surface area (Å²) in [6.07, 6.45) is 6.80. The van der Waals surface area contributed by atoms with Crippen LogP contribution in [-0.4, -0.2) is 55.6 Å². The summed E-state index contributed by atoms with van der Waals surface area (Å²) in [5.41, 5.74) is 2.75. The van der Waals surface area contributed by atoms with E-state index in [1.165, 1.54) is 13.2 Å². The van der Waals surface area contributed by atoms with Crippen LogP contribution in [0.3, 0.4) is 0 Å². The molecule has 0 atom stereocenters. The topological polar surface area (TPSA) is 93.7 Å². The second-order valence-electron chi connectivity index (χ2n) is 8.00. The molecule has 0 radical (unpaired) electrons. The molecular formula is C30H33NO8. The zero-order chi connectivity index (χ0) is 28.4. The number of carbonyl (C=O) groups is 1. The molecular weight excluding hydrogens is 502 g/mol. The van der Waals surface area contributed by atoms with Crippen molar-refractivity contribution in [1.29, 1.82) is 0 Å². The van der Waals surface area contributed by atoms with Gasteiger partial charge in [0.2, 0.25) is 5.75 Å². The molecule has 0 aliphatic heterocycles. The minimum atomic E-state index is -0.210. The van der Waals surface area contributed by atoms with Crippen molar-refractivity contribution in [2.24, 2.45) is 0 Å². The van der Waals surface area contributed by atoms with Crippen LogP contribution in [0.5, 0.6) is 40.2 Å². The van der Waals surface area contributed by atoms with E-state index < -0.39 is 0 Å². The number of benzene rings is 3. The van der Waals surface area contributed by atoms with Gasteiger partial charge in [-0.05, 0) is 42.0 Å². The van der Waals surface area contributed by atoms with Gasteiger partial charge in [0.1, 0.15) is 0 Å². The first-order chi connectivity index (χ1) is 18.9. The number of carbonyl (C=O) groups excluding carboxylic acids is 1. The normalized spacial score (nSPS) is 10.8. The summed E-state index contributed by atoms with van der Waals surface area (Å²) in [5, 5.41) is 3.18. The van der Waals surface area contributed by atoms with Crippen molar-refractivity contribution in [2.75, 3.05) is 55.1 Å². The fourth-order valence-electron chi connectivity index (χ4n) is 3.83. The van der Waals surface area contributed by atoms with Crippen LogP contribution < -0.4 is 38.5 Å². The molecule has 3 aromatic carbocycles. The van der Waals surface area contributed by atoms with Crippen LogP contribution in [0.15, 0.2) is 54.7 Å². The number of hydrogen-bond acceptors (Lipinski definition) is 9. The fourth-order valence-corrected chi connectivity index (χ4v) is 3.83. The molecule has 0 heterocycles. The molecule has 0 saturated carbocycles. The van der Waals surface area contributed by atoms with Gasteiger partial charge in [-0.15, -0.1) is 0 Å². The van der Waals surface area contributed by atoms with E-state index in [0.717, 1.165) is 11.1 Å². The molecule has 0 aliphatic rings. The Labute approximate surface area is 228 Å². The standard InChI is InChI=1S/C30H33NO8/c1-33-24-11-10-21(17-25(24)34-2)23(32)12-13-31-22-18-27(36-4)26(35-3)16-20(22)9-8-19-14-28(37-5)30(39-7)29(15-19)38-6/h8-18,31H,1-7H3/b9-8-,13-12-. The first-order valence-electron chi connectivity index (χ1n) is 11.9. The van der Waals surface area contributed by atoms with E-state index in [4.69, 9.17) is 33.2 Å². The van der Waals surface area contributed by atoms with E-state index >= 15 is 0 Å². The Balaban J connectivity index is 1.93. The lowest BCUT2D eigenvalue weighted by molar-refractivity contribution is 0.104. The SMILES string of the molecule is COc1ccc(C(=O)/C=C\Nc2cc(OC)c(OC)cc2/C=C\c2cc(OC)c(OC)c(OC)c2)cc1OC. The van der Waals surface area contributed by atoms with Gasteiger partial charge in [0, 0.05) is 35.2 Å². The lowest BCUT2D eigenvalue weighted by Crippen LogP contribution is -2.00. The van der Waals surface area contributed by atoms with E-state index in [1.54, 1.807) is 73.1 Å². The molecule has 0 bridgehead atoms. The summed E-state index contributed by atoms with van der Waals surface area (Å²) >= 11 is 0. The Morgan fingerprint density at radius 2 is 1.18 bits per heavy atom. The van der Waals surface area contributed by atoms with Crippen LogP contribution in [0.2, 0.25) is 0 Å². The molecule has 39 heavy (non-hydrogen) atoms.